The Labute approximate surface area is 114 Å². The van der Waals surface area contributed by atoms with Crippen molar-refractivity contribution in [1.29, 1.82) is 0 Å². The predicted octanol–water partition coefficient (Wildman–Crippen LogP) is 1.10. The summed E-state index contributed by atoms with van der Waals surface area (Å²) in [5.74, 6) is -0.428. The molecule has 1 fully saturated rings. The summed E-state index contributed by atoms with van der Waals surface area (Å²) in [5, 5.41) is 3.59. The number of aromatic nitrogens is 1. The zero-order valence-electron chi connectivity index (χ0n) is 10.8. The van der Waals surface area contributed by atoms with Gasteiger partial charge in [0.2, 0.25) is 0 Å². The number of carbonyl (C=O) groups is 2. The highest BCUT2D eigenvalue weighted by Crippen LogP contribution is 2.24. The lowest BCUT2D eigenvalue weighted by atomic mass is 10.2. The molecule has 0 atom stereocenters. The van der Waals surface area contributed by atoms with Gasteiger partial charge in [0.15, 0.2) is 0 Å². The minimum Gasteiger partial charge on any atom is -0.460 e. The normalized spacial score (nSPS) is 14.4. The van der Waals surface area contributed by atoms with Gasteiger partial charge in [-0.25, -0.2) is 9.59 Å². The molecule has 0 spiro atoms. The second kappa shape index (κ2) is 5.87. The average Bonchev–Trinajstić information content (AvgIpc) is 2.96. The van der Waals surface area contributed by atoms with Crippen LogP contribution in [0.15, 0.2) is 0 Å². The van der Waals surface area contributed by atoms with Gasteiger partial charge in [0.1, 0.15) is 23.8 Å². The molecule has 1 aliphatic rings. The summed E-state index contributed by atoms with van der Waals surface area (Å²) >= 11 is 1.22. The molecule has 1 N–H and O–H groups in total. The van der Waals surface area contributed by atoms with E-state index >= 15 is 0 Å². The van der Waals surface area contributed by atoms with Crippen molar-refractivity contribution < 1.29 is 19.1 Å². The molecule has 2 heterocycles. The van der Waals surface area contributed by atoms with E-state index in [1.807, 2.05) is 0 Å². The zero-order chi connectivity index (χ0) is 13.8. The summed E-state index contributed by atoms with van der Waals surface area (Å²) < 4.78 is 14.0. The van der Waals surface area contributed by atoms with E-state index in [-0.39, 0.29) is 12.7 Å². The minimum atomic E-state index is -0.428. The van der Waals surface area contributed by atoms with Crippen molar-refractivity contribution in [2.45, 2.75) is 6.92 Å². The van der Waals surface area contributed by atoms with Crippen LogP contribution in [0, 0.1) is 6.92 Å². The number of cyclic esters (lactones) is 1. The van der Waals surface area contributed by atoms with Crippen molar-refractivity contribution in [2.24, 2.45) is 0 Å². The molecular weight excluding hydrogens is 270 g/mol. The maximum atomic E-state index is 11.9. The Bertz CT molecular complexity index is 488. The molecule has 7 nitrogen and oxygen atoms in total. The number of rotatable bonds is 5. The van der Waals surface area contributed by atoms with Gasteiger partial charge >= 0.3 is 12.1 Å². The first kappa shape index (κ1) is 13.6. The van der Waals surface area contributed by atoms with Crippen LogP contribution in [-0.2, 0) is 9.47 Å². The van der Waals surface area contributed by atoms with Crippen LogP contribution in [0.1, 0.15) is 16.1 Å². The Morgan fingerprint density at radius 3 is 3.05 bits per heavy atom. The monoisotopic (exact) mass is 285 g/mol. The van der Waals surface area contributed by atoms with Gasteiger partial charge in [-0.2, -0.15) is 4.37 Å². The Morgan fingerprint density at radius 2 is 2.42 bits per heavy atom. The molecule has 1 amide bonds. The third-order valence-electron chi connectivity index (χ3n) is 2.73. The standard InChI is InChI=1S/C11H15N3O4S/c1-7-8(9(12-2)19-13-7)10(15)17-5-3-14-4-6-18-11(14)16/h12H,3-6H2,1-2H3. The first-order valence-electron chi connectivity index (χ1n) is 5.86. The summed E-state index contributed by atoms with van der Waals surface area (Å²) in [6.07, 6.45) is -0.361. The van der Waals surface area contributed by atoms with E-state index in [9.17, 15) is 9.59 Å². The van der Waals surface area contributed by atoms with Gasteiger partial charge in [0, 0.05) is 7.05 Å². The topological polar surface area (TPSA) is 80.8 Å². The van der Waals surface area contributed by atoms with Crippen molar-refractivity contribution in [3.63, 3.8) is 0 Å². The summed E-state index contributed by atoms with van der Waals surface area (Å²) in [6, 6.07) is 0. The molecule has 0 radical (unpaired) electrons. The molecule has 19 heavy (non-hydrogen) atoms. The second-order valence-corrected chi connectivity index (χ2v) is 4.73. The number of aryl methyl sites for hydroxylation is 1. The van der Waals surface area contributed by atoms with Crippen LogP contribution in [0.2, 0.25) is 0 Å². The van der Waals surface area contributed by atoms with Crippen molar-refractivity contribution in [2.75, 3.05) is 38.7 Å². The van der Waals surface area contributed by atoms with Crippen LogP contribution in [0.25, 0.3) is 0 Å². The van der Waals surface area contributed by atoms with Crippen LogP contribution < -0.4 is 5.32 Å². The molecule has 0 aliphatic carbocycles. The van der Waals surface area contributed by atoms with Crippen LogP contribution in [-0.4, -0.2) is 54.7 Å². The Morgan fingerprint density at radius 1 is 1.63 bits per heavy atom. The van der Waals surface area contributed by atoms with Gasteiger partial charge in [-0.15, -0.1) is 0 Å². The molecule has 2 rings (SSSR count). The fourth-order valence-electron chi connectivity index (χ4n) is 1.73. The van der Waals surface area contributed by atoms with Gasteiger partial charge < -0.3 is 19.7 Å². The predicted molar refractivity (Wildman–Crippen MR) is 69.6 cm³/mol. The van der Waals surface area contributed by atoms with Crippen LogP contribution in [0.4, 0.5) is 9.80 Å². The minimum absolute atomic E-state index is 0.145. The summed E-state index contributed by atoms with van der Waals surface area (Å²) in [7, 11) is 1.73. The molecule has 1 aliphatic heterocycles. The highest BCUT2D eigenvalue weighted by Gasteiger charge is 2.23. The smallest absolute Gasteiger partial charge is 0.410 e. The first-order valence-corrected chi connectivity index (χ1v) is 6.63. The summed E-state index contributed by atoms with van der Waals surface area (Å²) in [4.78, 5) is 24.6. The number of nitrogens with zero attached hydrogens (tertiary/aromatic N) is 2. The highest BCUT2D eigenvalue weighted by atomic mass is 32.1. The molecule has 0 saturated carbocycles. The van der Waals surface area contributed by atoms with E-state index in [0.717, 1.165) is 0 Å². The molecule has 1 saturated heterocycles. The van der Waals surface area contributed by atoms with Gasteiger partial charge in [-0.1, -0.05) is 0 Å². The van der Waals surface area contributed by atoms with Crippen molar-refractivity contribution in [3.05, 3.63) is 11.3 Å². The highest BCUT2D eigenvalue weighted by molar-refractivity contribution is 7.10. The van der Waals surface area contributed by atoms with Crippen molar-refractivity contribution in [3.8, 4) is 0 Å². The number of esters is 1. The fraction of sp³-hybridized carbons (Fsp3) is 0.545. The SMILES string of the molecule is CNc1snc(C)c1C(=O)OCCN1CCOC1=O. The zero-order valence-corrected chi connectivity index (χ0v) is 11.6. The molecular formula is C11H15N3O4S. The molecule has 8 heteroatoms. The number of anilines is 1. The van der Waals surface area contributed by atoms with E-state index in [4.69, 9.17) is 9.47 Å². The van der Waals surface area contributed by atoms with E-state index in [0.29, 0.717) is 36.0 Å². The van der Waals surface area contributed by atoms with Crippen molar-refractivity contribution in [1.82, 2.24) is 9.27 Å². The number of ether oxygens (including phenoxy) is 2. The van der Waals surface area contributed by atoms with Gasteiger partial charge in [-0.3, -0.25) is 0 Å². The second-order valence-electron chi connectivity index (χ2n) is 3.96. The molecule has 104 valence electrons. The Kier molecular flexibility index (Phi) is 4.20. The molecule has 1 aromatic heterocycles. The van der Waals surface area contributed by atoms with E-state index < -0.39 is 5.97 Å². The fourth-order valence-corrected chi connectivity index (χ4v) is 2.46. The number of nitrogens with one attached hydrogen (secondary N) is 1. The van der Waals surface area contributed by atoms with Crippen LogP contribution in [0.5, 0.6) is 0 Å². The largest absolute Gasteiger partial charge is 0.460 e. The van der Waals surface area contributed by atoms with Gasteiger partial charge in [-0.05, 0) is 18.5 Å². The lowest BCUT2D eigenvalue weighted by Gasteiger charge is -2.12. The van der Waals surface area contributed by atoms with Crippen LogP contribution in [0.3, 0.4) is 0 Å². The number of carbonyl (C=O) groups excluding carboxylic acids is 2. The lowest BCUT2D eigenvalue weighted by Crippen LogP contribution is -2.29. The summed E-state index contributed by atoms with van der Waals surface area (Å²) in [5.41, 5.74) is 1.09. The summed E-state index contributed by atoms with van der Waals surface area (Å²) in [6.45, 7) is 3.18. The first-order chi connectivity index (χ1) is 9.13. The van der Waals surface area contributed by atoms with Crippen molar-refractivity contribution >= 4 is 28.6 Å². The van der Waals surface area contributed by atoms with E-state index in [1.165, 1.54) is 16.4 Å². The maximum absolute atomic E-state index is 11.9. The Balaban J connectivity index is 1.87. The Hall–Kier alpha value is -1.83. The molecule has 0 unspecified atom stereocenters. The molecule has 0 bridgehead atoms. The van der Waals surface area contributed by atoms with E-state index in [1.54, 1.807) is 14.0 Å². The van der Waals surface area contributed by atoms with Gasteiger partial charge in [0.25, 0.3) is 0 Å². The third kappa shape index (κ3) is 2.95. The number of hydrogen-bond donors (Lipinski definition) is 1. The maximum Gasteiger partial charge on any atom is 0.410 e. The third-order valence-corrected chi connectivity index (χ3v) is 3.69. The number of amides is 1. The van der Waals surface area contributed by atoms with Gasteiger partial charge in [0.05, 0.1) is 18.8 Å². The number of hydrogen-bond acceptors (Lipinski definition) is 7. The molecule has 1 aromatic rings. The molecule has 0 aromatic carbocycles. The van der Waals surface area contributed by atoms with Crippen LogP contribution >= 0.6 is 11.5 Å². The average molecular weight is 285 g/mol. The lowest BCUT2D eigenvalue weighted by molar-refractivity contribution is 0.0478. The van der Waals surface area contributed by atoms with E-state index in [2.05, 4.69) is 9.69 Å². The quantitative estimate of drug-likeness (QED) is 0.816.